The first-order chi connectivity index (χ1) is 6.50. The molecule has 14 heavy (non-hydrogen) atoms. The lowest BCUT2D eigenvalue weighted by Crippen LogP contribution is -2.20. The maximum Gasteiger partial charge on any atom is 0.452 e. The molecule has 0 amide bonds. The van der Waals surface area contributed by atoms with E-state index in [0.29, 0.717) is 4.80 Å². The fraction of sp³-hybridized carbons (Fsp3) is 0.429. The van der Waals surface area contributed by atoms with Crippen molar-refractivity contribution in [1.29, 1.82) is 0 Å². The molecule has 0 aliphatic heterocycles. The van der Waals surface area contributed by atoms with Crippen molar-refractivity contribution in [1.82, 2.24) is 15.0 Å². The van der Waals surface area contributed by atoms with Crippen molar-refractivity contribution >= 4 is 12.1 Å². The van der Waals surface area contributed by atoms with Crippen molar-refractivity contribution < 1.29 is 19.4 Å². The minimum atomic E-state index is -1.24. The number of carbonyl (C=O) groups is 2. The van der Waals surface area contributed by atoms with Crippen LogP contribution in [0, 0.1) is 0 Å². The minimum Gasteiger partial charge on any atom is -0.476 e. The predicted octanol–water partition coefficient (Wildman–Crippen LogP) is 0.369. The van der Waals surface area contributed by atoms with Gasteiger partial charge in [0.25, 0.3) is 0 Å². The SMILES string of the molecule is CC(C)OC(=O)n1ncc(C(=O)O)n1. The smallest absolute Gasteiger partial charge is 0.452 e. The minimum absolute atomic E-state index is 0.300. The maximum atomic E-state index is 11.1. The number of carboxylic acid groups (broad SMARTS) is 1. The zero-order valence-electron chi connectivity index (χ0n) is 7.67. The summed E-state index contributed by atoms with van der Waals surface area (Å²) in [5, 5.41) is 15.3. The Bertz CT molecular complexity index is 358. The van der Waals surface area contributed by atoms with Crippen molar-refractivity contribution in [2.45, 2.75) is 20.0 Å². The normalized spacial score (nSPS) is 10.2. The van der Waals surface area contributed by atoms with Crippen molar-refractivity contribution in [3.63, 3.8) is 0 Å². The van der Waals surface area contributed by atoms with E-state index in [4.69, 9.17) is 9.84 Å². The largest absolute Gasteiger partial charge is 0.476 e. The van der Waals surface area contributed by atoms with Crippen LogP contribution in [0.3, 0.4) is 0 Å². The zero-order valence-corrected chi connectivity index (χ0v) is 7.67. The molecule has 1 heterocycles. The van der Waals surface area contributed by atoms with Gasteiger partial charge in [-0.05, 0) is 13.8 Å². The van der Waals surface area contributed by atoms with Crippen LogP contribution in [0.15, 0.2) is 6.20 Å². The molecule has 0 unspecified atom stereocenters. The molecule has 0 spiro atoms. The molecule has 1 N–H and O–H groups in total. The molecule has 0 aliphatic carbocycles. The molecular weight excluding hydrogens is 190 g/mol. The van der Waals surface area contributed by atoms with Gasteiger partial charge in [-0.3, -0.25) is 0 Å². The lowest BCUT2D eigenvalue weighted by molar-refractivity contribution is 0.0689. The molecule has 0 bridgehead atoms. The van der Waals surface area contributed by atoms with Gasteiger partial charge in [-0.2, -0.15) is 5.10 Å². The Morgan fingerprint density at radius 2 is 2.21 bits per heavy atom. The Morgan fingerprint density at radius 1 is 1.57 bits per heavy atom. The summed E-state index contributed by atoms with van der Waals surface area (Å²) in [5.41, 5.74) is -0.300. The van der Waals surface area contributed by atoms with Crippen LogP contribution < -0.4 is 0 Å². The summed E-state index contributed by atoms with van der Waals surface area (Å²) >= 11 is 0. The van der Waals surface area contributed by atoms with E-state index in [0.717, 1.165) is 6.20 Å². The van der Waals surface area contributed by atoms with Crippen LogP contribution in [0.1, 0.15) is 24.3 Å². The van der Waals surface area contributed by atoms with Gasteiger partial charge in [-0.25, -0.2) is 9.59 Å². The Labute approximate surface area is 79.3 Å². The first-order valence-electron chi connectivity index (χ1n) is 3.87. The first-order valence-corrected chi connectivity index (χ1v) is 3.87. The highest BCUT2D eigenvalue weighted by Gasteiger charge is 2.14. The summed E-state index contributed by atoms with van der Waals surface area (Å²) in [6, 6.07) is 0. The van der Waals surface area contributed by atoms with Gasteiger partial charge in [-0.1, -0.05) is 4.80 Å². The lowest BCUT2D eigenvalue weighted by atomic mass is 10.5. The first kappa shape index (κ1) is 10.2. The van der Waals surface area contributed by atoms with Crippen LogP contribution in [-0.4, -0.2) is 38.3 Å². The molecule has 0 radical (unpaired) electrons. The van der Waals surface area contributed by atoms with Gasteiger partial charge >= 0.3 is 12.1 Å². The lowest BCUT2D eigenvalue weighted by Gasteiger charge is -2.04. The Morgan fingerprint density at radius 3 is 2.64 bits per heavy atom. The van der Waals surface area contributed by atoms with Crippen LogP contribution in [0.25, 0.3) is 0 Å². The molecule has 0 saturated heterocycles. The van der Waals surface area contributed by atoms with Crippen LogP contribution >= 0.6 is 0 Å². The molecule has 1 aromatic heterocycles. The maximum absolute atomic E-state index is 11.1. The summed E-state index contributed by atoms with van der Waals surface area (Å²) in [6.45, 7) is 3.33. The highest BCUT2D eigenvalue weighted by atomic mass is 16.6. The number of aromatic carboxylic acids is 1. The molecule has 7 heteroatoms. The van der Waals surface area contributed by atoms with E-state index in [1.54, 1.807) is 13.8 Å². The number of aromatic nitrogens is 3. The summed E-state index contributed by atoms with van der Waals surface area (Å²) in [6.07, 6.45) is -0.126. The van der Waals surface area contributed by atoms with Crippen molar-refractivity contribution in [3.05, 3.63) is 11.9 Å². The van der Waals surface area contributed by atoms with Crippen molar-refractivity contribution in [3.8, 4) is 0 Å². The second-order valence-corrected chi connectivity index (χ2v) is 2.76. The fourth-order valence-corrected chi connectivity index (χ4v) is 0.698. The average molecular weight is 199 g/mol. The molecular formula is C7H9N3O4. The van der Waals surface area contributed by atoms with E-state index in [-0.39, 0.29) is 11.8 Å². The topological polar surface area (TPSA) is 94.3 Å². The molecule has 1 rings (SSSR count). The van der Waals surface area contributed by atoms with E-state index in [2.05, 4.69) is 10.2 Å². The van der Waals surface area contributed by atoms with Gasteiger partial charge in [0.05, 0.1) is 12.3 Å². The zero-order chi connectivity index (χ0) is 10.7. The summed E-state index contributed by atoms with van der Waals surface area (Å²) in [4.78, 5) is 22.1. The Balaban J connectivity index is 2.76. The Kier molecular flexibility index (Phi) is 2.80. The van der Waals surface area contributed by atoms with Crippen molar-refractivity contribution in [2.75, 3.05) is 0 Å². The van der Waals surface area contributed by atoms with Gasteiger partial charge in [-0.15, -0.1) is 5.10 Å². The molecule has 76 valence electrons. The number of nitrogens with zero attached hydrogens (tertiary/aromatic N) is 3. The number of hydrogen-bond acceptors (Lipinski definition) is 5. The van der Waals surface area contributed by atoms with Crippen LogP contribution in [-0.2, 0) is 4.74 Å². The average Bonchev–Trinajstić information content (AvgIpc) is 2.50. The second kappa shape index (κ2) is 3.86. The summed E-state index contributed by atoms with van der Waals surface area (Å²) < 4.78 is 4.74. The highest BCUT2D eigenvalue weighted by molar-refractivity contribution is 5.85. The molecule has 0 saturated carbocycles. The van der Waals surface area contributed by atoms with E-state index < -0.39 is 12.1 Å². The monoisotopic (exact) mass is 199 g/mol. The van der Waals surface area contributed by atoms with Crippen molar-refractivity contribution in [2.24, 2.45) is 0 Å². The van der Waals surface area contributed by atoms with Gasteiger partial charge in [0.15, 0.2) is 5.69 Å². The van der Waals surface area contributed by atoms with E-state index in [9.17, 15) is 9.59 Å². The highest BCUT2D eigenvalue weighted by Crippen LogP contribution is 1.95. The quantitative estimate of drug-likeness (QED) is 0.739. The fourth-order valence-electron chi connectivity index (χ4n) is 0.698. The van der Waals surface area contributed by atoms with E-state index >= 15 is 0 Å². The third kappa shape index (κ3) is 2.28. The standard InChI is InChI=1S/C7H9N3O4/c1-4(2)14-7(13)10-8-3-5(9-10)6(11)12/h3-4H,1-2H3,(H,11,12). The summed E-state index contributed by atoms with van der Waals surface area (Å²) in [7, 11) is 0. The molecule has 0 aliphatic rings. The second-order valence-electron chi connectivity index (χ2n) is 2.76. The van der Waals surface area contributed by atoms with E-state index in [1.165, 1.54) is 0 Å². The molecule has 0 aromatic carbocycles. The Hall–Kier alpha value is -1.92. The predicted molar refractivity (Wildman–Crippen MR) is 44.0 cm³/mol. The third-order valence-electron chi connectivity index (χ3n) is 1.21. The molecule has 1 aromatic rings. The van der Waals surface area contributed by atoms with Crippen LogP contribution in [0.5, 0.6) is 0 Å². The number of rotatable bonds is 2. The molecule has 7 nitrogen and oxygen atoms in total. The van der Waals surface area contributed by atoms with E-state index in [1.807, 2.05) is 0 Å². The van der Waals surface area contributed by atoms with Gasteiger partial charge in [0.2, 0.25) is 0 Å². The summed E-state index contributed by atoms with van der Waals surface area (Å²) in [5.74, 6) is -1.24. The van der Waals surface area contributed by atoms with Crippen LogP contribution in [0.2, 0.25) is 0 Å². The van der Waals surface area contributed by atoms with Gasteiger partial charge in [0, 0.05) is 0 Å². The van der Waals surface area contributed by atoms with Crippen LogP contribution in [0.4, 0.5) is 4.79 Å². The van der Waals surface area contributed by atoms with Gasteiger partial charge in [0.1, 0.15) is 0 Å². The number of carboxylic acids is 1. The number of ether oxygens (including phenoxy) is 1. The van der Waals surface area contributed by atoms with Gasteiger partial charge < -0.3 is 9.84 Å². The number of carbonyl (C=O) groups excluding carboxylic acids is 1. The number of hydrogen-bond donors (Lipinski definition) is 1. The third-order valence-corrected chi connectivity index (χ3v) is 1.21. The molecule has 0 atom stereocenters. The molecule has 0 fully saturated rings.